The van der Waals surface area contributed by atoms with Crippen molar-refractivity contribution in [1.82, 2.24) is 4.31 Å². The highest BCUT2D eigenvalue weighted by Gasteiger charge is 2.32. The van der Waals surface area contributed by atoms with Crippen LogP contribution < -0.4 is 9.80 Å². The second kappa shape index (κ2) is 8.61. The molecule has 5 rings (SSSR count). The molecular formula is C25H24FN3O3S. The number of amides is 1. The average Bonchev–Trinajstić information content (AvgIpc) is 3.28. The minimum Gasteiger partial charge on any atom is -0.367 e. The molecule has 1 fully saturated rings. The first kappa shape index (κ1) is 21.6. The molecule has 0 unspecified atom stereocenters. The normalized spacial score (nSPS) is 16.6. The van der Waals surface area contributed by atoms with Crippen LogP contribution in [0.1, 0.15) is 15.9 Å². The van der Waals surface area contributed by atoms with E-state index >= 15 is 0 Å². The summed E-state index contributed by atoms with van der Waals surface area (Å²) in [5, 5.41) is 0. The zero-order chi connectivity index (χ0) is 23.0. The fourth-order valence-corrected chi connectivity index (χ4v) is 5.99. The molecular weight excluding hydrogens is 441 g/mol. The molecule has 0 spiro atoms. The molecule has 1 saturated heterocycles. The molecule has 6 nitrogen and oxygen atoms in total. The minimum absolute atomic E-state index is 0.0887. The van der Waals surface area contributed by atoms with Gasteiger partial charge >= 0.3 is 0 Å². The van der Waals surface area contributed by atoms with Gasteiger partial charge in [-0.25, -0.2) is 12.8 Å². The fraction of sp³-hybridized carbons (Fsp3) is 0.240. The summed E-state index contributed by atoms with van der Waals surface area (Å²) in [7, 11) is -3.68. The number of anilines is 2. The summed E-state index contributed by atoms with van der Waals surface area (Å²) in [6, 6.07) is 20.6. The van der Waals surface area contributed by atoms with E-state index in [0.29, 0.717) is 37.3 Å². The van der Waals surface area contributed by atoms with Crippen LogP contribution in [-0.2, 0) is 16.4 Å². The predicted molar refractivity (Wildman–Crippen MR) is 126 cm³/mol. The van der Waals surface area contributed by atoms with Crippen molar-refractivity contribution >= 4 is 27.3 Å². The van der Waals surface area contributed by atoms with E-state index in [-0.39, 0.29) is 29.7 Å². The molecule has 8 heteroatoms. The van der Waals surface area contributed by atoms with Crippen LogP contribution in [0.2, 0.25) is 0 Å². The van der Waals surface area contributed by atoms with Crippen LogP contribution in [-0.4, -0.2) is 51.4 Å². The van der Waals surface area contributed by atoms with E-state index in [1.165, 1.54) is 10.4 Å². The maximum Gasteiger partial charge on any atom is 0.258 e. The largest absolute Gasteiger partial charge is 0.367 e. The van der Waals surface area contributed by atoms with Crippen LogP contribution in [0.5, 0.6) is 0 Å². The van der Waals surface area contributed by atoms with E-state index in [1.807, 2.05) is 23.1 Å². The summed E-state index contributed by atoms with van der Waals surface area (Å²) < 4.78 is 42.1. The molecule has 0 bridgehead atoms. The molecule has 3 aromatic rings. The van der Waals surface area contributed by atoms with E-state index in [2.05, 4.69) is 0 Å². The number of fused-ring (bicyclic) bond motifs is 1. The van der Waals surface area contributed by atoms with Crippen molar-refractivity contribution < 1.29 is 17.6 Å². The number of piperazine rings is 1. The summed E-state index contributed by atoms with van der Waals surface area (Å²) in [6.45, 7) is 1.93. The van der Waals surface area contributed by atoms with Crippen molar-refractivity contribution in [1.29, 1.82) is 0 Å². The number of hydrogen-bond acceptors (Lipinski definition) is 4. The van der Waals surface area contributed by atoms with E-state index in [0.717, 1.165) is 11.3 Å². The van der Waals surface area contributed by atoms with Crippen molar-refractivity contribution in [2.24, 2.45) is 0 Å². The third-order valence-electron chi connectivity index (χ3n) is 6.28. The number of nitrogens with zero attached hydrogens (tertiary/aromatic N) is 3. The Labute approximate surface area is 192 Å². The summed E-state index contributed by atoms with van der Waals surface area (Å²) in [5.41, 5.74) is 2.71. The molecule has 33 heavy (non-hydrogen) atoms. The van der Waals surface area contributed by atoms with Gasteiger partial charge in [0, 0.05) is 44.0 Å². The molecule has 0 radical (unpaired) electrons. The SMILES string of the molecule is O=C(c1ccccc1)N1CCc2cc(S(=O)(=O)N3CCN(c4ccccc4F)CC3)ccc21. The summed E-state index contributed by atoms with van der Waals surface area (Å²) in [4.78, 5) is 16.7. The van der Waals surface area contributed by atoms with Crippen LogP contribution in [0.25, 0.3) is 0 Å². The zero-order valence-electron chi connectivity index (χ0n) is 18.0. The molecule has 2 aliphatic heterocycles. The lowest BCUT2D eigenvalue weighted by atomic mass is 10.1. The van der Waals surface area contributed by atoms with Gasteiger partial charge < -0.3 is 9.80 Å². The highest BCUT2D eigenvalue weighted by molar-refractivity contribution is 7.89. The van der Waals surface area contributed by atoms with Crippen LogP contribution >= 0.6 is 0 Å². The Kier molecular flexibility index (Phi) is 5.64. The van der Waals surface area contributed by atoms with E-state index in [4.69, 9.17) is 0 Å². The number of sulfonamides is 1. The van der Waals surface area contributed by atoms with Crippen LogP contribution in [0.3, 0.4) is 0 Å². The fourth-order valence-electron chi connectivity index (χ4n) is 4.51. The molecule has 1 amide bonds. The Balaban J connectivity index is 1.32. The highest BCUT2D eigenvalue weighted by atomic mass is 32.2. The lowest BCUT2D eigenvalue weighted by molar-refractivity contribution is 0.0989. The number of carbonyl (C=O) groups excluding carboxylic acids is 1. The molecule has 3 aromatic carbocycles. The van der Waals surface area contributed by atoms with Crippen molar-refractivity contribution in [2.45, 2.75) is 11.3 Å². The maximum atomic E-state index is 14.1. The minimum atomic E-state index is -3.68. The molecule has 170 valence electrons. The summed E-state index contributed by atoms with van der Waals surface area (Å²) >= 11 is 0. The van der Waals surface area contributed by atoms with Crippen molar-refractivity contribution in [2.75, 3.05) is 42.5 Å². The Bertz CT molecular complexity index is 1290. The Hall–Kier alpha value is -3.23. The first-order valence-electron chi connectivity index (χ1n) is 10.9. The monoisotopic (exact) mass is 465 g/mol. The number of rotatable bonds is 4. The van der Waals surface area contributed by atoms with Gasteiger partial charge in [-0.2, -0.15) is 4.31 Å². The zero-order valence-corrected chi connectivity index (χ0v) is 18.8. The van der Waals surface area contributed by atoms with Crippen molar-refractivity contribution in [3.05, 3.63) is 89.7 Å². The second-order valence-electron chi connectivity index (χ2n) is 8.21. The van der Waals surface area contributed by atoms with Gasteiger partial charge in [-0.1, -0.05) is 30.3 Å². The van der Waals surface area contributed by atoms with E-state index in [1.54, 1.807) is 53.4 Å². The van der Waals surface area contributed by atoms with E-state index in [9.17, 15) is 17.6 Å². The molecule has 0 aliphatic carbocycles. The van der Waals surface area contributed by atoms with Crippen LogP contribution in [0, 0.1) is 5.82 Å². The quantitative estimate of drug-likeness (QED) is 0.592. The van der Waals surface area contributed by atoms with Gasteiger partial charge in [-0.15, -0.1) is 0 Å². The molecule has 2 aliphatic rings. The maximum absolute atomic E-state index is 14.1. The lowest BCUT2D eigenvalue weighted by Gasteiger charge is -2.35. The van der Waals surface area contributed by atoms with Crippen LogP contribution in [0.4, 0.5) is 15.8 Å². The van der Waals surface area contributed by atoms with E-state index < -0.39 is 10.0 Å². The third kappa shape index (κ3) is 4.00. The average molecular weight is 466 g/mol. The number of para-hydroxylation sites is 1. The highest BCUT2D eigenvalue weighted by Crippen LogP contribution is 2.32. The molecule has 0 atom stereocenters. The van der Waals surface area contributed by atoms with Gasteiger partial charge in [0.15, 0.2) is 0 Å². The van der Waals surface area contributed by atoms with Crippen molar-refractivity contribution in [3.8, 4) is 0 Å². The molecule has 0 N–H and O–H groups in total. The number of halogens is 1. The summed E-state index contributed by atoms with van der Waals surface area (Å²) in [5.74, 6) is -0.392. The lowest BCUT2D eigenvalue weighted by Crippen LogP contribution is -2.48. The Morgan fingerprint density at radius 2 is 1.48 bits per heavy atom. The Morgan fingerprint density at radius 1 is 0.788 bits per heavy atom. The number of benzene rings is 3. The third-order valence-corrected chi connectivity index (χ3v) is 8.18. The predicted octanol–water partition coefficient (Wildman–Crippen LogP) is 3.54. The number of carbonyl (C=O) groups is 1. The van der Waals surface area contributed by atoms with Gasteiger partial charge in [0.2, 0.25) is 10.0 Å². The number of hydrogen-bond donors (Lipinski definition) is 0. The van der Waals surface area contributed by atoms with Gasteiger partial charge in [0.1, 0.15) is 5.82 Å². The van der Waals surface area contributed by atoms with Gasteiger partial charge in [0.25, 0.3) is 5.91 Å². The van der Waals surface area contributed by atoms with Gasteiger partial charge in [-0.05, 0) is 54.4 Å². The Morgan fingerprint density at radius 3 is 2.21 bits per heavy atom. The summed E-state index contributed by atoms with van der Waals surface area (Å²) in [6.07, 6.45) is 0.609. The molecule has 2 heterocycles. The van der Waals surface area contributed by atoms with Crippen molar-refractivity contribution in [3.63, 3.8) is 0 Å². The van der Waals surface area contributed by atoms with Gasteiger partial charge in [0.05, 0.1) is 10.6 Å². The first-order chi connectivity index (χ1) is 15.9. The standard InChI is InChI=1S/C25H24FN3O3S/c26-22-8-4-5-9-24(22)27-14-16-28(17-15-27)33(31,32)21-10-11-23-20(18-21)12-13-29(23)25(30)19-6-2-1-3-7-19/h1-11,18H,12-17H2. The first-order valence-corrected chi connectivity index (χ1v) is 12.4. The van der Waals surface area contributed by atoms with Gasteiger partial charge in [-0.3, -0.25) is 4.79 Å². The smallest absolute Gasteiger partial charge is 0.258 e. The molecule has 0 aromatic heterocycles. The van der Waals surface area contributed by atoms with Crippen LogP contribution in [0.15, 0.2) is 77.7 Å². The second-order valence-corrected chi connectivity index (χ2v) is 10.1. The topological polar surface area (TPSA) is 60.9 Å². The molecule has 0 saturated carbocycles.